The highest BCUT2D eigenvalue weighted by Gasteiger charge is 2.12. The molecule has 3 nitrogen and oxygen atoms in total. The lowest BCUT2D eigenvalue weighted by molar-refractivity contribution is 0.280. The molecule has 2 rings (SSSR count). The van der Waals surface area contributed by atoms with Crippen molar-refractivity contribution < 1.29 is 14.0 Å². The maximum atomic E-state index is 13.7. The van der Waals surface area contributed by atoms with Gasteiger partial charge in [-0.15, -0.1) is 0 Å². The third kappa shape index (κ3) is 2.65. The molecule has 0 saturated heterocycles. The van der Waals surface area contributed by atoms with E-state index in [-0.39, 0.29) is 11.6 Å². The van der Waals surface area contributed by atoms with Gasteiger partial charge in [-0.2, -0.15) is 0 Å². The van der Waals surface area contributed by atoms with Crippen molar-refractivity contribution in [2.45, 2.75) is 12.8 Å². The zero-order chi connectivity index (χ0) is 12.3. The molecule has 5 heteroatoms. The standard InChI is InChI=1S/C12H11ClFNO2/c13-10-5-1-4-9(12(10)14)11-7-8(17-15-11)3-2-6-16/h1,4-5,7,16H,2-3,6H2. The molecule has 1 aromatic heterocycles. The smallest absolute Gasteiger partial charge is 0.151 e. The molecule has 0 aliphatic rings. The summed E-state index contributed by atoms with van der Waals surface area (Å²) in [7, 11) is 0. The summed E-state index contributed by atoms with van der Waals surface area (Å²) in [5, 5.41) is 12.5. The SMILES string of the molecule is OCCCc1cc(-c2cccc(Cl)c2F)no1. The van der Waals surface area contributed by atoms with E-state index in [2.05, 4.69) is 5.16 Å². The molecule has 0 saturated carbocycles. The molecule has 2 aromatic rings. The van der Waals surface area contributed by atoms with Crippen LogP contribution in [0.3, 0.4) is 0 Å². The molecule has 0 aliphatic heterocycles. The summed E-state index contributed by atoms with van der Waals surface area (Å²) in [6, 6.07) is 6.38. The van der Waals surface area contributed by atoms with Gasteiger partial charge in [-0.05, 0) is 18.6 Å². The van der Waals surface area contributed by atoms with E-state index in [0.717, 1.165) is 0 Å². The maximum absolute atomic E-state index is 13.7. The summed E-state index contributed by atoms with van der Waals surface area (Å²) in [4.78, 5) is 0. The molecule has 0 bridgehead atoms. The summed E-state index contributed by atoms with van der Waals surface area (Å²) in [5.74, 6) is 0.115. The predicted molar refractivity (Wildman–Crippen MR) is 62.3 cm³/mol. The monoisotopic (exact) mass is 255 g/mol. The topological polar surface area (TPSA) is 46.3 Å². The molecule has 17 heavy (non-hydrogen) atoms. The van der Waals surface area contributed by atoms with Gasteiger partial charge in [-0.3, -0.25) is 0 Å². The van der Waals surface area contributed by atoms with Gasteiger partial charge < -0.3 is 9.63 Å². The van der Waals surface area contributed by atoms with E-state index in [1.807, 2.05) is 0 Å². The van der Waals surface area contributed by atoms with Crippen molar-refractivity contribution in [3.63, 3.8) is 0 Å². The Kier molecular flexibility index (Phi) is 3.76. The van der Waals surface area contributed by atoms with E-state index >= 15 is 0 Å². The Morgan fingerprint density at radius 1 is 1.41 bits per heavy atom. The van der Waals surface area contributed by atoms with Crippen LogP contribution in [0.4, 0.5) is 4.39 Å². The first kappa shape index (κ1) is 12.1. The predicted octanol–water partition coefficient (Wildman–Crippen LogP) is 3.06. The minimum absolute atomic E-state index is 0.0578. The van der Waals surface area contributed by atoms with Crippen LogP contribution in [-0.4, -0.2) is 16.9 Å². The van der Waals surface area contributed by atoms with Gasteiger partial charge in [0.2, 0.25) is 0 Å². The Morgan fingerprint density at radius 2 is 2.24 bits per heavy atom. The summed E-state index contributed by atoms with van der Waals surface area (Å²) < 4.78 is 18.7. The molecular formula is C12H11ClFNO2. The number of hydrogen-bond acceptors (Lipinski definition) is 3. The third-order valence-electron chi connectivity index (χ3n) is 2.37. The average Bonchev–Trinajstić information content (AvgIpc) is 2.78. The summed E-state index contributed by atoms with van der Waals surface area (Å²) in [6.07, 6.45) is 1.17. The first-order valence-electron chi connectivity index (χ1n) is 5.23. The Hall–Kier alpha value is -1.39. The first-order valence-corrected chi connectivity index (χ1v) is 5.61. The van der Waals surface area contributed by atoms with Crippen LogP contribution in [0.15, 0.2) is 28.8 Å². The molecule has 90 valence electrons. The van der Waals surface area contributed by atoms with Gasteiger partial charge in [0.05, 0.1) is 5.02 Å². The number of benzene rings is 1. The van der Waals surface area contributed by atoms with Gasteiger partial charge >= 0.3 is 0 Å². The molecule has 1 aromatic carbocycles. The molecule has 0 aliphatic carbocycles. The maximum Gasteiger partial charge on any atom is 0.151 e. The van der Waals surface area contributed by atoms with Crippen LogP contribution in [0.1, 0.15) is 12.2 Å². The van der Waals surface area contributed by atoms with Gasteiger partial charge in [-0.25, -0.2) is 4.39 Å². The zero-order valence-electron chi connectivity index (χ0n) is 8.99. The number of nitrogens with zero attached hydrogens (tertiary/aromatic N) is 1. The number of aliphatic hydroxyl groups is 1. The zero-order valence-corrected chi connectivity index (χ0v) is 9.75. The minimum atomic E-state index is -0.504. The van der Waals surface area contributed by atoms with Crippen molar-refractivity contribution in [2.24, 2.45) is 0 Å². The molecule has 0 radical (unpaired) electrons. The van der Waals surface area contributed by atoms with Crippen LogP contribution in [0, 0.1) is 5.82 Å². The number of rotatable bonds is 4. The van der Waals surface area contributed by atoms with Crippen LogP contribution in [0.5, 0.6) is 0 Å². The molecule has 1 N–H and O–H groups in total. The van der Waals surface area contributed by atoms with E-state index in [1.165, 1.54) is 6.07 Å². The molecule has 0 amide bonds. The third-order valence-corrected chi connectivity index (χ3v) is 2.66. The second kappa shape index (κ2) is 5.29. The summed E-state index contributed by atoms with van der Waals surface area (Å²) in [5.41, 5.74) is 0.731. The van der Waals surface area contributed by atoms with Gasteiger partial charge in [-0.1, -0.05) is 22.8 Å². The fourth-order valence-electron chi connectivity index (χ4n) is 1.51. The highest BCUT2D eigenvalue weighted by atomic mass is 35.5. The first-order chi connectivity index (χ1) is 8.22. The molecule has 0 spiro atoms. The van der Waals surface area contributed by atoms with E-state index < -0.39 is 5.82 Å². The minimum Gasteiger partial charge on any atom is -0.396 e. The highest BCUT2D eigenvalue weighted by molar-refractivity contribution is 6.31. The van der Waals surface area contributed by atoms with Crippen molar-refractivity contribution in [2.75, 3.05) is 6.61 Å². The number of aromatic nitrogens is 1. The number of halogens is 2. The highest BCUT2D eigenvalue weighted by Crippen LogP contribution is 2.27. The normalized spacial score (nSPS) is 10.8. The van der Waals surface area contributed by atoms with E-state index in [1.54, 1.807) is 18.2 Å². The van der Waals surface area contributed by atoms with Gasteiger partial charge in [0.15, 0.2) is 5.82 Å². The number of aryl methyl sites for hydroxylation is 1. The number of hydrogen-bond donors (Lipinski definition) is 1. The van der Waals surface area contributed by atoms with Crippen molar-refractivity contribution in [1.82, 2.24) is 5.16 Å². The van der Waals surface area contributed by atoms with Crippen LogP contribution >= 0.6 is 11.6 Å². The molecule has 1 heterocycles. The van der Waals surface area contributed by atoms with Crippen LogP contribution in [0.25, 0.3) is 11.3 Å². The summed E-state index contributed by atoms with van der Waals surface area (Å²) >= 11 is 5.69. The van der Waals surface area contributed by atoms with Crippen molar-refractivity contribution in [3.8, 4) is 11.3 Å². The lowest BCUT2D eigenvalue weighted by Crippen LogP contribution is -1.86. The van der Waals surface area contributed by atoms with Crippen molar-refractivity contribution >= 4 is 11.6 Å². The van der Waals surface area contributed by atoms with Gasteiger partial charge in [0.1, 0.15) is 11.5 Å². The quantitative estimate of drug-likeness (QED) is 0.913. The molecule has 0 fully saturated rings. The van der Waals surface area contributed by atoms with Crippen LogP contribution in [0.2, 0.25) is 5.02 Å². The molecule has 0 unspecified atom stereocenters. The fourth-order valence-corrected chi connectivity index (χ4v) is 1.69. The van der Waals surface area contributed by atoms with Crippen LogP contribution < -0.4 is 0 Å². The van der Waals surface area contributed by atoms with E-state index in [9.17, 15) is 4.39 Å². The van der Waals surface area contributed by atoms with Gasteiger partial charge in [0, 0.05) is 24.7 Å². The lowest BCUT2D eigenvalue weighted by Gasteiger charge is -1.99. The second-order valence-electron chi connectivity index (χ2n) is 3.61. The average molecular weight is 256 g/mol. The Bertz CT molecular complexity index is 513. The second-order valence-corrected chi connectivity index (χ2v) is 4.01. The summed E-state index contributed by atoms with van der Waals surface area (Å²) in [6.45, 7) is 0.0849. The Labute approximate surface area is 103 Å². The Morgan fingerprint density at radius 3 is 3.00 bits per heavy atom. The van der Waals surface area contributed by atoms with E-state index in [0.29, 0.717) is 29.9 Å². The molecular weight excluding hydrogens is 245 g/mol. The van der Waals surface area contributed by atoms with Gasteiger partial charge in [0.25, 0.3) is 0 Å². The molecule has 0 atom stereocenters. The fraction of sp³-hybridized carbons (Fsp3) is 0.250. The Balaban J connectivity index is 2.27. The van der Waals surface area contributed by atoms with Crippen LogP contribution in [-0.2, 0) is 6.42 Å². The number of aliphatic hydroxyl groups excluding tert-OH is 1. The van der Waals surface area contributed by atoms with Crippen molar-refractivity contribution in [1.29, 1.82) is 0 Å². The largest absolute Gasteiger partial charge is 0.396 e. The van der Waals surface area contributed by atoms with Crippen molar-refractivity contribution in [3.05, 3.63) is 40.9 Å². The lowest BCUT2D eigenvalue weighted by atomic mass is 10.1. The van der Waals surface area contributed by atoms with E-state index in [4.69, 9.17) is 21.2 Å².